The number of nitrogens with zero attached hydrogens (tertiary/aromatic N) is 2. The Bertz CT molecular complexity index is 394. The largest absolute Gasteiger partial charge is 0.384 e. The quantitative estimate of drug-likeness (QED) is 0.815. The highest BCUT2D eigenvalue weighted by Crippen LogP contribution is 2.22. The van der Waals surface area contributed by atoms with Gasteiger partial charge in [-0.15, -0.1) is 0 Å². The molecule has 0 radical (unpaired) electrons. The molecule has 5 nitrogen and oxygen atoms in total. The summed E-state index contributed by atoms with van der Waals surface area (Å²) >= 11 is 0. The van der Waals surface area contributed by atoms with Crippen molar-refractivity contribution in [1.82, 2.24) is 9.97 Å². The third-order valence-electron chi connectivity index (χ3n) is 2.70. The molecule has 1 saturated heterocycles. The molecule has 5 heteroatoms. The van der Waals surface area contributed by atoms with Crippen molar-refractivity contribution in [1.29, 1.82) is 0 Å². The summed E-state index contributed by atoms with van der Waals surface area (Å²) in [5.74, 6) is 2.06. The molecule has 17 heavy (non-hydrogen) atoms. The molecule has 1 aliphatic rings. The Hall–Kier alpha value is -1.36. The highest BCUT2D eigenvalue weighted by molar-refractivity contribution is 5.46. The molecule has 2 rings (SSSR count). The summed E-state index contributed by atoms with van der Waals surface area (Å²) in [6, 6.07) is 2.10. The summed E-state index contributed by atoms with van der Waals surface area (Å²) in [6.07, 6.45) is 1.01. The van der Waals surface area contributed by atoms with Crippen molar-refractivity contribution in [2.24, 2.45) is 0 Å². The molecule has 1 aliphatic heterocycles. The first-order valence-electron chi connectivity index (χ1n) is 5.94. The second kappa shape index (κ2) is 4.49. The third-order valence-corrected chi connectivity index (χ3v) is 2.70. The maximum atomic E-state index is 5.81. The van der Waals surface area contributed by atoms with Crippen molar-refractivity contribution in [3.05, 3.63) is 11.9 Å². The summed E-state index contributed by atoms with van der Waals surface area (Å²) in [5.41, 5.74) is 5.71. The Labute approximate surface area is 102 Å². The lowest BCUT2D eigenvalue weighted by atomic mass is 9.96. The van der Waals surface area contributed by atoms with Crippen LogP contribution in [0.15, 0.2) is 6.07 Å². The lowest BCUT2D eigenvalue weighted by Gasteiger charge is -2.19. The molecule has 1 aromatic heterocycles. The standard InChI is InChI=1S/C12H20N4O/c1-12(2,3)11-15-9(13)6-10(16-11)14-8-4-5-17-7-8/h6,8H,4-5,7H2,1-3H3,(H3,13,14,15,16). The van der Waals surface area contributed by atoms with E-state index in [0.717, 1.165) is 31.3 Å². The van der Waals surface area contributed by atoms with Crippen molar-refractivity contribution in [2.45, 2.75) is 38.6 Å². The minimum atomic E-state index is -0.0992. The first kappa shape index (κ1) is 12.1. The molecule has 0 amide bonds. The molecule has 0 aliphatic carbocycles. The van der Waals surface area contributed by atoms with Gasteiger partial charge in [-0.1, -0.05) is 20.8 Å². The zero-order valence-corrected chi connectivity index (χ0v) is 10.7. The maximum Gasteiger partial charge on any atom is 0.138 e. The first-order valence-corrected chi connectivity index (χ1v) is 5.94. The summed E-state index contributed by atoms with van der Waals surface area (Å²) in [7, 11) is 0. The number of rotatable bonds is 2. The lowest BCUT2D eigenvalue weighted by Crippen LogP contribution is -2.23. The van der Waals surface area contributed by atoms with E-state index in [2.05, 4.69) is 36.1 Å². The van der Waals surface area contributed by atoms with Gasteiger partial charge in [0, 0.05) is 18.1 Å². The highest BCUT2D eigenvalue weighted by atomic mass is 16.5. The van der Waals surface area contributed by atoms with Crippen LogP contribution in [0.3, 0.4) is 0 Å². The second-order valence-corrected chi connectivity index (χ2v) is 5.46. The fourth-order valence-electron chi connectivity index (χ4n) is 1.73. The minimum Gasteiger partial charge on any atom is -0.384 e. The number of hydrogen-bond acceptors (Lipinski definition) is 5. The zero-order chi connectivity index (χ0) is 12.5. The van der Waals surface area contributed by atoms with Crippen LogP contribution in [0.4, 0.5) is 11.6 Å². The van der Waals surface area contributed by atoms with Crippen LogP contribution in [-0.4, -0.2) is 29.2 Å². The molecule has 1 aromatic rings. The molecule has 0 bridgehead atoms. The number of nitrogen functional groups attached to an aromatic ring is 1. The Kier molecular flexibility index (Phi) is 3.19. The molecule has 1 fully saturated rings. The van der Waals surface area contributed by atoms with Crippen LogP contribution >= 0.6 is 0 Å². The monoisotopic (exact) mass is 236 g/mol. The summed E-state index contributed by atoms with van der Waals surface area (Å²) in [6.45, 7) is 7.76. The van der Waals surface area contributed by atoms with Gasteiger partial charge in [-0.25, -0.2) is 9.97 Å². The van der Waals surface area contributed by atoms with Gasteiger partial charge in [0.1, 0.15) is 17.5 Å². The van der Waals surface area contributed by atoms with Crippen LogP contribution < -0.4 is 11.1 Å². The topological polar surface area (TPSA) is 73.1 Å². The van der Waals surface area contributed by atoms with Crippen molar-refractivity contribution in [3.8, 4) is 0 Å². The summed E-state index contributed by atoms with van der Waals surface area (Å²) in [4.78, 5) is 8.79. The molecule has 1 atom stereocenters. The Morgan fingerprint density at radius 1 is 1.41 bits per heavy atom. The van der Waals surface area contributed by atoms with E-state index in [1.54, 1.807) is 6.07 Å². The van der Waals surface area contributed by atoms with E-state index in [-0.39, 0.29) is 5.41 Å². The average molecular weight is 236 g/mol. The maximum absolute atomic E-state index is 5.81. The number of hydrogen-bond donors (Lipinski definition) is 2. The molecular weight excluding hydrogens is 216 g/mol. The number of anilines is 2. The Morgan fingerprint density at radius 2 is 2.18 bits per heavy atom. The molecule has 94 valence electrons. The zero-order valence-electron chi connectivity index (χ0n) is 10.7. The van der Waals surface area contributed by atoms with E-state index in [1.807, 2.05) is 0 Å². The first-order chi connectivity index (χ1) is 7.95. The lowest BCUT2D eigenvalue weighted by molar-refractivity contribution is 0.195. The van der Waals surface area contributed by atoms with Gasteiger partial charge in [0.15, 0.2) is 0 Å². The number of aromatic nitrogens is 2. The fourth-order valence-corrected chi connectivity index (χ4v) is 1.73. The van der Waals surface area contributed by atoms with Gasteiger partial charge in [-0.2, -0.15) is 0 Å². The van der Waals surface area contributed by atoms with E-state index in [4.69, 9.17) is 10.5 Å². The van der Waals surface area contributed by atoms with Gasteiger partial charge in [0.05, 0.1) is 12.6 Å². The number of ether oxygens (including phenoxy) is 1. The average Bonchev–Trinajstić information content (AvgIpc) is 2.68. The van der Waals surface area contributed by atoms with Crippen molar-refractivity contribution < 1.29 is 4.74 Å². The van der Waals surface area contributed by atoms with Gasteiger partial charge in [0.2, 0.25) is 0 Å². The molecule has 1 unspecified atom stereocenters. The van der Waals surface area contributed by atoms with E-state index in [1.165, 1.54) is 0 Å². The van der Waals surface area contributed by atoms with Gasteiger partial charge < -0.3 is 15.8 Å². The van der Waals surface area contributed by atoms with Crippen LogP contribution in [0.5, 0.6) is 0 Å². The molecule has 2 heterocycles. The Morgan fingerprint density at radius 3 is 2.76 bits per heavy atom. The minimum absolute atomic E-state index is 0.0992. The molecule has 0 saturated carbocycles. The van der Waals surface area contributed by atoms with Crippen molar-refractivity contribution in [3.63, 3.8) is 0 Å². The van der Waals surface area contributed by atoms with E-state index in [0.29, 0.717) is 11.9 Å². The number of nitrogens with one attached hydrogen (secondary N) is 1. The van der Waals surface area contributed by atoms with Crippen LogP contribution in [0.1, 0.15) is 33.0 Å². The number of nitrogens with two attached hydrogens (primary N) is 1. The van der Waals surface area contributed by atoms with E-state index >= 15 is 0 Å². The molecule has 3 N–H and O–H groups in total. The van der Waals surface area contributed by atoms with Crippen molar-refractivity contribution >= 4 is 11.6 Å². The predicted molar refractivity (Wildman–Crippen MR) is 68.0 cm³/mol. The summed E-state index contributed by atoms with van der Waals surface area (Å²) < 4.78 is 5.32. The van der Waals surface area contributed by atoms with Gasteiger partial charge in [-0.05, 0) is 6.42 Å². The molecule has 0 aromatic carbocycles. The third kappa shape index (κ3) is 3.06. The molecular formula is C12H20N4O. The van der Waals surface area contributed by atoms with Gasteiger partial charge >= 0.3 is 0 Å². The van der Waals surface area contributed by atoms with Crippen LogP contribution in [0.25, 0.3) is 0 Å². The van der Waals surface area contributed by atoms with Crippen LogP contribution in [0.2, 0.25) is 0 Å². The second-order valence-electron chi connectivity index (χ2n) is 5.46. The fraction of sp³-hybridized carbons (Fsp3) is 0.667. The smallest absolute Gasteiger partial charge is 0.138 e. The summed E-state index contributed by atoms with van der Waals surface area (Å²) in [5, 5.41) is 3.34. The Balaban J connectivity index is 2.19. The normalized spacial score (nSPS) is 20.5. The van der Waals surface area contributed by atoms with Gasteiger partial charge in [0.25, 0.3) is 0 Å². The SMILES string of the molecule is CC(C)(C)c1nc(N)cc(NC2CCOC2)n1. The predicted octanol–water partition coefficient (Wildman–Crippen LogP) is 1.56. The van der Waals surface area contributed by atoms with Gasteiger partial charge in [-0.3, -0.25) is 0 Å². The van der Waals surface area contributed by atoms with E-state index in [9.17, 15) is 0 Å². The van der Waals surface area contributed by atoms with Crippen LogP contribution in [0, 0.1) is 0 Å². The van der Waals surface area contributed by atoms with Crippen molar-refractivity contribution in [2.75, 3.05) is 24.3 Å². The highest BCUT2D eigenvalue weighted by Gasteiger charge is 2.20. The molecule has 0 spiro atoms. The van der Waals surface area contributed by atoms with E-state index < -0.39 is 0 Å². The van der Waals surface area contributed by atoms with Crippen LogP contribution in [-0.2, 0) is 10.2 Å².